The summed E-state index contributed by atoms with van der Waals surface area (Å²) in [5.74, 6) is 0. The van der Waals surface area contributed by atoms with Gasteiger partial charge < -0.3 is 4.57 Å². The van der Waals surface area contributed by atoms with Gasteiger partial charge in [0.05, 0.1) is 0 Å². The van der Waals surface area contributed by atoms with Crippen LogP contribution >= 0.6 is 0 Å². The Hall–Kier alpha value is -0.720. The minimum Gasteiger partial charge on any atom is -0.351 e. The number of aromatic nitrogens is 1. The third kappa shape index (κ3) is 1.71. The van der Waals surface area contributed by atoms with Crippen LogP contribution in [0.3, 0.4) is 0 Å². The molecule has 0 amide bonds. The summed E-state index contributed by atoms with van der Waals surface area (Å²) in [6, 6.07) is 0. The summed E-state index contributed by atoms with van der Waals surface area (Å²) in [5.41, 5.74) is 4.30. The Labute approximate surface area is 75.4 Å². The van der Waals surface area contributed by atoms with Gasteiger partial charge in [0.2, 0.25) is 0 Å². The van der Waals surface area contributed by atoms with Gasteiger partial charge in [-0.05, 0) is 38.3 Å². The Morgan fingerprint density at radius 1 is 1.25 bits per heavy atom. The number of aryl methyl sites for hydroxylation is 2. The van der Waals surface area contributed by atoms with E-state index in [9.17, 15) is 0 Å². The molecule has 0 aliphatic carbocycles. The van der Waals surface area contributed by atoms with Crippen molar-refractivity contribution in [3.8, 4) is 0 Å². The first-order valence-electron chi connectivity index (χ1n) is 4.79. The molecule has 0 saturated heterocycles. The Bertz CT molecular complexity index is 258. The van der Waals surface area contributed by atoms with E-state index in [1.54, 1.807) is 0 Å². The van der Waals surface area contributed by atoms with E-state index in [0.717, 1.165) is 0 Å². The largest absolute Gasteiger partial charge is 0.351 e. The van der Waals surface area contributed by atoms with Crippen LogP contribution in [0.4, 0.5) is 0 Å². The lowest BCUT2D eigenvalue weighted by Gasteiger charge is -2.04. The van der Waals surface area contributed by atoms with Crippen LogP contribution in [0, 0.1) is 20.8 Å². The molecule has 0 radical (unpaired) electrons. The number of hydrogen-bond donors (Lipinski definition) is 0. The fourth-order valence-corrected chi connectivity index (χ4v) is 1.49. The normalized spacial score (nSPS) is 10.7. The van der Waals surface area contributed by atoms with Crippen LogP contribution in [0.5, 0.6) is 0 Å². The number of unbranched alkanes of at least 4 members (excludes halogenated alkanes) is 1. The summed E-state index contributed by atoms with van der Waals surface area (Å²) in [7, 11) is 0. The number of nitrogens with zero attached hydrogens (tertiary/aromatic N) is 1. The van der Waals surface area contributed by atoms with Gasteiger partial charge in [-0.3, -0.25) is 0 Å². The lowest BCUT2D eigenvalue weighted by atomic mass is 10.2. The van der Waals surface area contributed by atoms with Crippen molar-refractivity contribution in [3.05, 3.63) is 23.0 Å². The van der Waals surface area contributed by atoms with Gasteiger partial charge in [0.25, 0.3) is 0 Å². The quantitative estimate of drug-likeness (QED) is 0.648. The van der Waals surface area contributed by atoms with Crippen molar-refractivity contribution >= 4 is 0 Å². The molecule has 0 aliphatic rings. The van der Waals surface area contributed by atoms with Crippen LogP contribution in [0.1, 0.15) is 36.6 Å². The molecule has 1 rings (SSSR count). The van der Waals surface area contributed by atoms with Crippen LogP contribution < -0.4 is 0 Å². The van der Waals surface area contributed by atoms with Crippen molar-refractivity contribution < 1.29 is 0 Å². The van der Waals surface area contributed by atoms with Gasteiger partial charge in [-0.25, -0.2) is 0 Å². The Morgan fingerprint density at radius 2 is 1.92 bits per heavy atom. The van der Waals surface area contributed by atoms with Crippen LogP contribution in [0.15, 0.2) is 6.20 Å². The fraction of sp³-hybridized carbons (Fsp3) is 0.636. The maximum absolute atomic E-state index is 2.37. The van der Waals surface area contributed by atoms with E-state index in [4.69, 9.17) is 0 Å². The second kappa shape index (κ2) is 3.79. The highest BCUT2D eigenvalue weighted by atomic mass is 15.0. The van der Waals surface area contributed by atoms with Crippen LogP contribution in [0.25, 0.3) is 0 Å². The molecule has 0 saturated carbocycles. The van der Waals surface area contributed by atoms with Crippen LogP contribution in [-0.4, -0.2) is 4.57 Å². The zero-order valence-corrected chi connectivity index (χ0v) is 8.65. The van der Waals surface area contributed by atoms with E-state index >= 15 is 0 Å². The van der Waals surface area contributed by atoms with Gasteiger partial charge in [-0.2, -0.15) is 0 Å². The van der Waals surface area contributed by atoms with Crippen molar-refractivity contribution in [2.24, 2.45) is 0 Å². The summed E-state index contributed by atoms with van der Waals surface area (Å²) in [4.78, 5) is 0. The Kier molecular flexibility index (Phi) is 2.96. The van der Waals surface area contributed by atoms with Gasteiger partial charge in [0.1, 0.15) is 0 Å². The molecule has 0 atom stereocenters. The average molecular weight is 165 g/mol. The molecule has 68 valence electrons. The average Bonchev–Trinajstić information content (AvgIpc) is 2.30. The molecule has 0 aliphatic heterocycles. The first-order chi connectivity index (χ1) is 5.66. The predicted octanol–water partition coefficient (Wildman–Crippen LogP) is 3.21. The van der Waals surface area contributed by atoms with Crippen LogP contribution in [0.2, 0.25) is 0 Å². The molecule has 1 aromatic heterocycles. The van der Waals surface area contributed by atoms with E-state index < -0.39 is 0 Å². The third-order valence-electron chi connectivity index (χ3n) is 2.67. The molecule has 0 fully saturated rings. The first-order valence-corrected chi connectivity index (χ1v) is 4.79. The Balaban J connectivity index is 2.79. The van der Waals surface area contributed by atoms with Gasteiger partial charge >= 0.3 is 0 Å². The molecule has 1 nitrogen and oxygen atoms in total. The molecule has 1 heteroatoms. The molecule has 0 spiro atoms. The zero-order chi connectivity index (χ0) is 9.14. The minimum absolute atomic E-state index is 1.18. The summed E-state index contributed by atoms with van der Waals surface area (Å²) >= 11 is 0. The topological polar surface area (TPSA) is 4.93 Å². The minimum atomic E-state index is 1.18. The van der Waals surface area contributed by atoms with Gasteiger partial charge in [0, 0.05) is 18.4 Å². The van der Waals surface area contributed by atoms with E-state index in [-0.39, 0.29) is 0 Å². The van der Waals surface area contributed by atoms with Crippen molar-refractivity contribution in [1.82, 2.24) is 4.57 Å². The van der Waals surface area contributed by atoms with Gasteiger partial charge in [0.15, 0.2) is 0 Å². The molecule has 0 unspecified atom stereocenters. The molecule has 0 bridgehead atoms. The van der Waals surface area contributed by atoms with E-state index in [1.807, 2.05) is 0 Å². The highest BCUT2D eigenvalue weighted by Crippen LogP contribution is 2.14. The second-order valence-corrected chi connectivity index (χ2v) is 3.57. The lowest BCUT2D eigenvalue weighted by molar-refractivity contribution is 0.620. The van der Waals surface area contributed by atoms with Gasteiger partial charge in [-0.15, -0.1) is 0 Å². The maximum Gasteiger partial charge on any atom is 0.0222 e. The van der Waals surface area contributed by atoms with Crippen molar-refractivity contribution in [1.29, 1.82) is 0 Å². The summed E-state index contributed by atoms with van der Waals surface area (Å²) in [6.07, 6.45) is 4.82. The monoisotopic (exact) mass is 165 g/mol. The molecule has 0 N–H and O–H groups in total. The molecular weight excluding hydrogens is 146 g/mol. The van der Waals surface area contributed by atoms with E-state index in [2.05, 4.69) is 38.5 Å². The van der Waals surface area contributed by atoms with E-state index in [0.29, 0.717) is 0 Å². The van der Waals surface area contributed by atoms with Crippen molar-refractivity contribution in [2.45, 2.75) is 47.1 Å². The molecule has 0 aromatic carbocycles. The smallest absolute Gasteiger partial charge is 0.0222 e. The van der Waals surface area contributed by atoms with Crippen LogP contribution in [-0.2, 0) is 6.54 Å². The standard InChI is InChI=1S/C11H19N/c1-5-6-7-12-8-9(2)10(3)11(12)4/h8H,5-7H2,1-4H3. The summed E-state index contributed by atoms with van der Waals surface area (Å²) in [6.45, 7) is 10.0. The first kappa shape index (κ1) is 9.37. The SMILES string of the molecule is CCCCn1cc(C)c(C)c1C. The summed E-state index contributed by atoms with van der Waals surface area (Å²) < 4.78 is 2.37. The second-order valence-electron chi connectivity index (χ2n) is 3.57. The summed E-state index contributed by atoms with van der Waals surface area (Å²) in [5, 5.41) is 0. The highest BCUT2D eigenvalue weighted by Gasteiger charge is 2.03. The molecule has 12 heavy (non-hydrogen) atoms. The molecular formula is C11H19N. The third-order valence-corrected chi connectivity index (χ3v) is 2.67. The molecule has 1 aromatic rings. The van der Waals surface area contributed by atoms with Gasteiger partial charge in [-0.1, -0.05) is 13.3 Å². The number of rotatable bonds is 3. The maximum atomic E-state index is 2.37. The number of hydrogen-bond acceptors (Lipinski definition) is 0. The van der Waals surface area contributed by atoms with Crippen molar-refractivity contribution in [3.63, 3.8) is 0 Å². The van der Waals surface area contributed by atoms with Crippen molar-refractivity contribution in [2.75, 3.05) is 0 Å². The zero-order valence-electron chi connectivity index (χ0n) is 8.65. The van der Waals surface area contributed by atoms with E-state index in [1.165, 1.54) is 36.2 Å². The lowest BCUT2D eigenvalue weighted by Crippen LogP contribution is -1.98. The predicted molar refractivity (Wildman–Crippen MR) is 53.6 cm³/mol. The Morgan fingerprint density at radius 3 is 2.33 bits per heavy atom. The fourth-order valence-electron chi connectivity index (χ4n) is 1.49. The highest BCUT2D eigenvalue weighted by molar-refractivity contribution is 5.28. The molecule has 1 heterocycles.